The number of carboxylic acid groups (broad SMARTS) is 1. The summed E-state index contributed by atoms with van der Waals surface area (Å²) in [4.78, 5) is 34.3. The molecule has 1 unspecified atom stereocenters. The highest BCUT2D eigenvalue weighted by Gasteiger charge is 2.14. The fraction of sp³-hybridized carbons (Fsp3) is 0.893. The summed E-state index contributed by atoms with van der Waals surface area (Å²) in [5.41, 5.74) is 0. The number of carbonyl (C=O) groups excluding carboxylic acids is 2. The van der Waals surface area contributed by atoms with E-state index in [9.17, 15) is 14.4 Å². The minimum Gasteiger partial charge on any atom is -0.480 e. The van der Waals surface area contributed by atoms with Gasteiger partial charge >= 0.3 is 11.9 Å². The second-order valence-corrected chi connectivity index (χ2v) is 9.66. The molecule has 0 saturated carbocycles. The average Bonchev–Trinajstić information content (AvgIpc) is 2.81. The third-order valence-corrected chi connectivity index (χ3v) is 6.28. The number of unbranched alkanes of at least 4 members (excludes halogenated alkanes) is 14. The highest BCUT2D eigenvalue weighted by Crippen LogP contribution is 2.17. The normalized spacial score (nSPS) is 11.8. The number of amides is 1. The van der Waals surface area contributed by atoms with Crippen molar-refractivity contribution in [2.75, 3.05) is 6.54 Å². The van der Waals surface area contributed by atoms with Crippen LogP contribution in [0.1, 0.15) is 149 Å². The molecule has 0 aliphatic heterocycles. The maximum absolute atomic E-state index is 12.3. The van der Waals surface area contributed by atoms with Crippen molar-refractivity contribution in [2.24, 2.45) is 0 Å². The van der Waals surface area contributed by atoms with E-state index in [1.165, 1.54) is 64.2 Å². The zero-order chi connectivity index (χ0) is 25.3. The minimum absolute atomic E-state index is 0.0226. The average molecular weight is 484 g/mol. The van der Waals surface area contributed by atoms with Gasteiger partial charge in [-0.05, 0) is 32.1 Å². The van der Waals surface area contributed by atoms with Crippen molar-refractivity contribution in [2.45, 2.75) is 155 Å². The summed E-state index contributed by atoms with van der Waals surface area (Å²) in [6.45, 7) is 4.07. The summed E-state index contributed by atoms with van der Waals surface area (Å²) in [5.74, 6) is -1.32. The molecule has 34 heavy (non-hydrogen) atoms. The number of ether oxygens (including phenoxy) is 1. The van der Waals surface area contributed by atoms with Crippen LogP contribution in [0.2, 0.25) is 0 Å². The lowest BCUT2D eigenvalue weighted by atomic mass is 10.0. The molecule has 1 atom stereocenters. The van der Waals surface area contributed by atoms with Crippen molar-refractivity contribution < 1.29 is 24.2 Å². The van der Waals surface area contributed by atoms with Crippen molar-refractivity contribution >= 4 is 17.8 Å². The fourth-order valence-corrected chi connectivity index (χ4v) is 4.15. The maximum Gasteiger partial charge on any atom is 0.322 e. The molecule has 0 aromatic carbocycles. The van der Waals surface area contributed by atoms with Gasteiger partial charge in [-0.3, -0.25) is 14.4 Å². The number of nitrogens with one attached hydrogen (secondary N) is 1. The highest BCUT2D eigenvalue weighted by molar-refractivity contribution is 5.80. The topological polar surface area (TPSA) is 92.7 Å². The van der Waals surface area contributed by atoms with E-state index in [2.05, 4.69) is 19.2 Å². The first-order valence-corrected chi connectivity index (χ1v) is 14.2. The van der Waals surface area contributed by atoms with E-state index in [1.54, 1.807) is 0 Å². The largest absolute Gasteiger partial charge is 0.480 e. The van der Waals surface area contributed by atoms with Crippen molar-refractivity contribution in [3.8, 4) is 0 Å². The van der Waals surface area contributed by atoms with Gasteiger partial charge in [0.05, 0.1) is 0 Å². The van der Waals surface area contributed by atoms with E-state index < -0.39 is 5.97 Å². The molecule has 6 nitrogen and oxygen atoms in total. The van der Waals surface area contributed by atoms with E-state index in [0.717, 1.165) is 57.8 Å². The number of hydrogen-bond acceptors (Lipinski definition) is 4. The number of rotatable bonds is 25. The van der Waals surface area contributed by atoms with Crippen LogP contribution in [0.25, 0.3) is 0 Å². The third-order valence-electron chi connectivity index (χ3n) is 6.28. The third kappa shape index (κ3) is 23.6. The predicted octanol–water partition coefficient (Wildman–Crippen LogP) is 7.33. The molecule has 0 rings (SSSR count). The van der Waals surface area contributed by atoms with Crippen LogP contribution < -0.4 is 5.32 Å². The molecule has 0 saturated heterocycles. The summed E-state index contributed by atoms with van der Waals surface area (Å²) in [5, 5.41) is 10.9. The number of hydrogen-bond donors (Lipinski definition) is 2. The molecule has 0 aromatic heterocycles. The van der Waals surface area contributed by atoms with Gasteiger partial charge in [-0.2, -0.15) is 0 Å². The molecule has 0 aliphatic carbocycles. The number of carboxylic acids is 1. The Morgan fingerprint density at radius 3 is 1.68 bits per heavy atom. The van der Waals surface area contributed by atoms with Crippen LogP contribution >= 0.6 is 0 Å². The first-order chi connectivity index (χ1) is 16.5. The van der Waals surface area contributed by atoms with Gasteiger partial charge in [0, 0.05) is 12.8 Å². The zero-order valence-corrected chi connectivity index (χ0v) is 22.2. The van der Waals surface area contributed by atoms with Crippen LogP contribution in [0.4, 0.5) is 0 Å². The van der Waals surface area contributed by atoms with E-state index in [-0.39, 0.29) is 24.5 Å². The minimum atomic E-state index is -1.03. The maximum atomic E-state index is 12.3. The number of esters is 1. The zero-order valence-electron chi connectivity index (χ0n) is 22.2. The quantitative estimate of drug-likeness (QED) is 0.105. The summed E-state index contributed by atoms with van der Waals surface area (Å²) >= 11 is 0. The molecule has 6 heteroatoms. The highest BCUT2D eigenvalue weighted by atomic mass is 16.5. The second kappa shape index (κ2) is 24.5. The lowest BCUT2D eigenvalue weighted by Crippen LogP contribution is -2.28. The lowest BCUT2D eigenvalue weighted by Gasteiger charge is -2.18. The molecular weight excluding hydrogens is 430 g/mol. The standard InChI is InChI=1S/C28H53NO5/c1-3-5-7-8-9-10-11-12-13-14-15-19-23-28(33)34-25(20-6-4-2)21-17-16-18-22-26(30)29-24-27(31)32/h25H,3-24H2,1-2H3,(H,29,30)(H,31,32). The van der Waals surface area contributed by atoms with Crippen LogP contribution in [0, 0.1) is 0 Å². The Hall–Kier alpha value is -1.59. The van der Waals surface area contributed by atoms with Crippen molar-refractivity contribution in [1.29, 1.82) is 0 Å². The molecular formula is C28H53NO5. The van der Waals surface area contributed by atoms with Gasteiger partial charge in [0.25, 0.3) is 0 Å². The molecule has 1 amide bonds. The number of aliphatic carboxylic acids is 1. The Morgan fingerprint density at radius 1 is 0.647 bits per heavy atom. The van der Waals surface area contributed by atoms with Crippen molar-refractivity contribution in [1.82, 2.24) is 5.32 Å². The van der Waals surface area contributed by atoms with Gasteiger partial charge in [-0.15, -0.1) is 0 Å². The summed E-state index contributed by atoms with van der Waals surface area (Å²) in [7, 11) is 0. The Labute approximate surface area is 209 Å². The number of carbonyl (C=O) groups is 3. The summed E-state index contributed by atoms with van der Waals surface area (Å²) in [6.07, 6.45) is 22.6. The molecule has 0 aliphatic rings. The molecule has 0 bridgehead atoms. The Balaban J connectivity index is 3.78. The first kappa shape index (κ1) is 32.4. The van der Waals surface area contributed by atoms with Crippen LogP contribution in [0.5, 0.6) is 0 Å². The Morgan fingerprint density at radius 2 is 1.12 bits per heavy atom. The van der Waals surface area contributed by atoms with Gasteiger partial charge in [-0.1, -0.05) is 104 Å². The first-order valence-electron chi connectivity index (χ1n) is 14.2. The van der Waals surface area contributed by atoms with E-state index >= 15 is 0 Å². The monoisotopic (exact) mass is 483 g/mol. The molecule has 200 valence electrons. The fourth-order valence-electron chi connectivity index (χ4n) is 4.15. The van der Waals surface area contributed by atoms with E-state index in [0.29, 0.717) is 12.8 Å². The summed E-state index contributed by atoms with van der Waals surface area (Å²) < 4.78 is 5.76. The van der Waals surface area contributed by atoms with Crippen LogP contribution in [0.3, 0.4) is 0 Å². The van der Waals surface area contributed by atoms with Gasteiger partial charge in [-0.25, -0.2) is 0 Å². The van der Waals surface area contributed by atoms with Gasteiger partial charge < -0.3 is 15.2 Å². The molecule has 0 aromatic rings. The second-order valence-electron chi connectivity index (χ2n) is 9.66. The van der Waals surface area contributed by atoms with Gasteiger partial charge in [0.1, 0.15) is 12.6 Å². The summed E-state index contributed by atoms with van der Waals surface area (Å²) in [6, 6.07) is 0. The van der Waals surface area contributed by atoms with Gasteiger partial charge in [0.15, 0.2) is 0 Å². The van der Waals surface area contributed by atoms with Crippen LogP contribution in [-0.4, -0.2) is 35.6 Å². The smallest absolute Gasteiger partial charge is 0.322 e. The van der Waals surface area contributed by atoms with Crippen LogP contribution in [0.15, 0.2) is 0 Å². The molecule has 0 spiro atoms. The lowest BCUT2D eigenvalue weighted by molar-refractivity contribution is -0.150. The molecule has 2 N–H and O–H groups in total. The Kier molecular flexibility index (Phi) is 23.4. The van der Waals surface area contributed by atoms with Crippen molar-refractivity contribution in [3.63, 3.8) is 0 Å². The molecule has 0 radical (unpaired) electrons. The Bertz CT molecular complexity index is 509. The SMILES string of the molecule is CCCCCCCCCCCCCCC(=O)OC(CCCC)CCCCCC(=O)NCC(=O)O. The van der Waals surface area contributed by atoms with E-state index in [4.69, 9.17) is 9.84 Å². The van der Waals surface area contributed by atoms with Gasteiger partial charge in [0.2, 0.25) is 5.91 Å². The van der Waals surface area contributed by atoms with E-state index in [1.807, 2.05) is 0 Å². The molecule has 0 heterocycles. The van der Waals surface area contributed by atoms with Crippen molar-refractivity contribution in [3.05, 3.63) is 0 Å². The molecule has 0 fully saturated rings. The predicted molar refractivity (Wildman–Crippen MR) is 139 cm³/mol. The van der Waals surface area contributed by atoms with Crippen LogP contribution in [-0.2, 0) is 19.1 Å².